The topological polar surface area (TPSA) is 12.0 Å². The molecule has 1 atom stereocenters. The molecule has 0 saturated heterocycles. The average molecular weight is 318 g/mol. The van der Waals surface area contributed by atoms with Gasteiger partial charge in [-0.3, -0.25) is 0 Å². The Morgan fingerprint density at radius 2 is 2.05 bits per heavy atom. The van der Waals surface area contributed by atoms with Gasteiger partial charge in [0, 0.05) is 22.3 Å². The van der Waals surface area contributed by atoms with Gasteiger partial charge in [-0.15, -0.1) is 0 Å². The second-order valence-electron chi connectivity index (χ2n) is 6.08. The standard InChI is InChI=1S/C20H28ClN/c1-5-8-14(4)22-20-15(6-2)13-19(18(20)7-3)16-9-11-17(21)12-10-16/h8-9,11,13,18,22H,5-7,10,12H2,1-4H3/b14-8-. The molecular weight excluding hydrogens is 290 g/mol. The van der Waals surface area contributed by atoms with Gasteiger partial charge in [-0.1, -0.05) is 50.6 Å². The number of nitrogens with one attached hydrogen (secondary N) is 1. The molecule has 0 spiro atoms. The molecule has 0 aromatic rings. The molecule has 120 valence electrons. The molecule has 0 radical (unpaired) electrons. The van der Waals surface area contributed by atoms with Crippen LogP contribution < -0.4 is 5.32 Å². The lowest BCUT2D eigenvalue weighted by Gasteiger charge is -2.23. The number of hydrogen-bond acceptors (Lipinski definition) is 1. The molecule has 0 aromatic heterocycles. The minimum Gasteiger partial charge on any atom is -0.362 e. The molecular formula is C20H28ClN. The van der Waals surface area contributed by atoms with E-state index >= 15 is 0 Å². The van der Waals surface area contributed by atoms with Crippen LogP contribution in [0.5, 0.6) is 0 Å². The first kappa shape index (κ1) is 17.1. The van der Waals surface area contributed by atoms with E-state index in [-0.39, 0.29) is 0 Å². The molecule has 1 nitrogen and oxygen atoms in total. The van der Waals surface area contributed by atoms with Crippen LogP contribution in [-0.4, -0.2) is 0 Å². The third-order valence-corrected chi connectivity index (χ3v) is 4.82. The van der Waals surface area contributed by atoms with Crippen LogP contribution >= 0.6 is 11.6 Å². The SMILES string of the molecule is CC/C=C(/C)NC1=C(CC)C=C(C2=CC=C(Cl)CC2)C1CC. The normalized spacial score (nSPS) is 22.5. The molecule has 2 aliphatic carbocycles. The molecule has 1 N–H and O–H groups in total. The third-order valence-electron chi connectivity index (χ3n) is 4.50. The van der Waals surface area contributed by atoms with Gasteiger partial charge in [0.1, 0.15) is 0 Å². The lowest BCUT2D eigenvalue weighted by atomic mass is 9.87. The van der Waals surface area contributed by atoms with Crippen LogP contribution in [0.25, 0.3) is 0 Å². The minimum absolute atomic E-state index is 0.492. The summed E-state index contributed by atoms with van der Waals surface area (Å²) in [4.78, 5) is 0. The van der Waals surface area contributed by atoms with E-state index in [2.05, 4.69) is 57.3 Å². The zero-order chi connectivity index (χ0) is 16.1. The lowest BCUT2D eigenvalue weighted by molar-refractivity contribution is 0.645. The maximum Gasteiger partial charge on any atom is 0.0257 e. The van der Waals surface area contributed by atoms with Crippen molar-refractivity contribution in [3.05, 3.63) is 57.4 Å². The summed E-state index contributed by atoms with van der Waals surface area (Å²) >= 11 is 6.11. The summed E-state index contributed by atoms with van der Waals surface area (Å²) in [7, 11) is 0. The lowest BCUT2D eigenvalue weighted by Crippen LogP contribution is -2.19. The highest BCUT2D eigenvalue weighted by molar-refractivity contribution is 6.29. The van der Waals surface area contributed by atoms with E-state index in [0.29, 0.717) is 5.92 Å². The fourth-order valence-corrected chi connectivity index (χ4v) is 3.53. The predicted octanol–water partition coefficient (Wildman–Crippen LogP) is 6.36. The van der Waals surface area contributed by atoms with Gasteiger partial charge in [-0.25, -0.2) is 0 Å². The van der Waals surface area contributed by atoms with Crippen LogP contribution in [-0.2, 0) is 0 Å². The fraction of sp³-hybridized carbons (Fsp3) is 0.500. The van der Waals surface area contributed by atoms with Crippen LogP contribution in [0.1, 0.15) is 59.8 Å². The number of hydrogen-bond donors (Lipinski definition) is 1. The van der Waals surface area contributed by atoms with Crippen molar-refractivity contribution in [1.29, 1.82) is 0 Å². The molecule has 0 saturated carbocycles. The Morgan fingerprint density at radius 1 is 1.27 bits per heavy atom. The van der Waals surface area contributed by atoms with Crippen molar-refractivity contribution in [2.45, 2.75) is 59.8 Å². The molecule has 0 fully saturated rings. The highest BCUT2D eigenvalue weighted by atomic mass is 35.5. The summed E-state index contributed by atoms with van der Waals surface area (Å²) < 4.78 is 0. The minimum atomic E-state index is 0.492. The first-order valence-corrected chi connectivity index (χ1v) is 8.92. The second kappa shape index (κ2) is 7.87. The fourth-order valence-electron chi connectivity index (χ4n) is 3.37. The first-order chi connectivity index (χ1) is 10.6. The largest absolute Gasteiger partial charge is 0.362 e. The van der Waals surface area contributed by atoms with Crippen LogP contribution in [0.3, 0.4) is 0 Å². The molecule has 0 amide bonds. The first-order valence-electron chi connectivity index (χ1n) is 8.54. The predicted molar refractivity (Wildman–Crippen MR) is 97.6 cm³/mol. The Labute approximate surface area is 140 Å². The smallest absolute Gasteiger partial charge is 0.0257 e. The summed E-state index contributed by atoms with van der Waals surface area (Å²) in [6, 6.07) is 0. The van der Waals surface area contributed by atoms with Crippen molar-refractivity contribution in [3.63, 3.8) is 0 Å². The molecule has 0 aliphatic heterocycles. The average Bonchev–Trinajstić information content (AvgIpc) is 2.85. The van der Waals surface area contributed by atoms with Crippen molar-refractivity contribution in [1.82, 2.24) is 5.32 Å². The van der Waals surface area contributed by atoms with Crippen molar-refractivity contribution in [3.8, 4) is 0 Å². The van der Waals surface area contributed by atoms with Crippen molar-refractivity contribution < 1.29 is 0 Å². The molecule has 1 unspecified atom stereocenters. The van der Waals surface area contributed by atoms with E-state index in [1.54, 1.807) is 0 Å². The third kappa shape index (κ3) is 3.76. The van der Waals surface area contributed by atoms with Crippen LogP contribution in [0, 0.1) is 5.92 Å². The van der Waals surface area contributed by atoms with Gasteiger partial charge in [0.25, 0.3) is 0 Å². The molecule has 2 heteroatoms. The van der Waals surface area contributed by atoms with Crippen LogP contribution in [0.15, 0.2) is 57.4 Å². The van der Waals surface area contributed by atoms with Gasteiger partial charge < -0.3 is 5.32 Å². The zero-order valence-electron chi connectivity index (χ0n) is 14.3. The van der Waals surface area contributed by atoms with E-state index < -0.39 is 0 Å². The quantitative estimate of drug-likeness (QED) is 0.600. The van der Waals surface area contributed by atoms with Gasteiger partial charge in [-0.2, -0.15) is 0 Å². The molecule has 2 rings (SSSR count). The molecule has 2 aliphatic rings. The van der Waals surface area contributed by atoms with E-state index in [0.717, 1.165) is 37.1 Å². The molecule has 0 heterocycles. The highest BCUT2D eigenvalue weighted by Gasteiger charge is 2.28. The maximum atomic E-state index is 6.11. The summed E-state index contributed by atoms with van der Waals surface area (Å²) in [5, 5.41) is 4.65. The Bertz CT molecular complexity index is 573. The molecule has 0 bridgehead atoms. The maximum absolute atomic E-state index is 6.11. The van der Waals surface area contributed by atoms with Crippen LogP contribution in [0.4, 0.5) is 0 Å². The summed E-state index contributed by atoms with van der Waals surface area (Å²) in [5.74, 6) is 0.492. The Morgan fingerprint density at radius 3 is 2.59 bits per heavy atom. The number of rotatable bonds is 6. The molecule has 0 aromatic carbocycles. The van der Waals surface area contributed by atoms with E-state index in [1.807, 2.05) is 0 Å². The second-order valence-corrected chi connectivity index (χ2v) is 6.56. The summed E-state index contributed by atoms with van der Waals surface area (Å²) in [5.41, 5.74) is 7.07. The van der Waals surface area contributed by atoms with Gasteiger partial charge in [0.05, 0.1) is 0 Å². The van der Waals surface area contributed by atoms with Gasteiger partial charge in [0.2, 0.25) is 0 Å². The Hall–Kier alpha value is -1.21. The summed E-state index contributed by atoms with van der Waals surface area (Å²) in [6.07, 6.45) is 14.3. The number of halogens is 1. The van der Waals surface area contributed by atoms with E-state index in [4.69, 9.17) is 11.6 Å². The van der Waals surface area contributed by atoms with Crippen molar-refractivity contribution in [2.24, 2.45) is 5.92 Å². The van der Waals surface area contributed by atoms with Crippen molar-refractivity contribution in [2.75, 3.05) is 0 Å². The van der Waals surface area contributed by atoms with E-state index in [1.165, 1.54) is 28.1 Å². The van der Waals surface area contributed by atoms with Gasteiger partial charge >= 0.3 is 0 Å². The van der Waals surface area contributed by atoms with Gasteiger partial charge in [-0.05, 0) is 61.8 Å². The van der Waals surface area contributed by atoms with Gasteiger partial charge in [0.15, 0.2) is 0 Å². The summed E-state index contributed by atoms with van der Waals surface area (Å²) in [6.45, 7) is 8.87. The monoisotopic (exact) mass is 317 g/mol. The van der Waals surface area contributed by atoms with Crippen LogP contribution in [0.2, 0.25) is 0 Å². The zero-order valence-corrected chi connectivity index (χ0v) is 15.1. The molecule has 22 heavy (non-hydrogen) atoms. The number of allylic oxidation sites excluding steroid dienone is 9. The Balaban J connectivity index is 2.28. The van der Waals surface area contributed by atoms with E-state index in [9.17, 15) is 0 Å². The van der Waals surface area contributed by atoms with Crippen molar-refractivity contribution >= 4 is 11.6 Å². The highest BCUT2D eigenvalue weighted by Crippen LogP contribution is 2.41. The Kier molecular flexibility index (Phi) is 6.14.